The van der Waals surface area contributed by atoms with E-state index in [1.165, 1.54) is 11.3 Å². The third-order valence-electron chi connectivity index (χ3n) is 4.04. The van der Waals surface area contributed by atoms with Crippen LogP contribution in [0.25, 0.3) is 0 Å². The van der Waals surface area contributed by atoms with Crippen molar-refractivity contribution in [1.82, 2.24) is 9.80 Å². The van der Waals surface area contributed by atoms with E-state index in [4.69, 9.17) is 12.2 Å². The Kier molecular flexibility index (Phi) is 4.48. The fourth-order valence-electron chi connectivity index (χ4n) is 2.84. The normalized spacial score (nSPS) is 20.8. The van der Waals surface area contributed by atoms with E-state index in [1.807, 2.05) is 11.8 Å². The van der Waals surface area contributed by atoms with E-state index >= 15 is 0 Å². The van der Waals surface area contributed by atoms with Gasteiger partial charge < -0.3 is 9.80 Å². The Hall–Kier alpha value is -0.780. The molecule has 0 spiro atoms. The SMILES string of the molecule is Cc1ccccc1N1CCN(CN2CCSC2=S)CC1. The number of thioether (sulfide) groups is 1. The molecule has 2 aliphatic rings. The predicted octanol–water partition coefficient (Wildman–Crippen LogP) is 2.41. The van der Waals surface area contributed by atoms with Crippen molar-refractivity contribution in [2.24, 2.45) is 0 Å². The first-order valence-electron chi connectivity index (χ1n) is 7.19. The molecular formula is C15H21N3S2. The zero-order chi connectivity index (χ0) is 13.9. The summed E-state index contributed by atoms with van der Waals surface area (Å²) in [7, 11) is 0. The number of para-hydroxylation sites is 1. The third kappa shape index (κ3) is 3.10. The molecule has 3 rings (SSSR count). The number of aryl methyl sites for hydroxylation is 1. The van der Waals surface area contributed by atoms with E-state index in [2.05, 4.69) is 45.9 Å². The molecule has 2 heterocycles. The van der Waals surface area contributed by atoms with Crippen molar-refractivity contribution >= 4 is 34.0 Å². The van der Waals surface area contributed by atoms with Gasteiger partial charge in [0.1, 0.15) is 4.32 Å². The lowest BCUT2D eigenvalue weighted by Crippen LogP contribution is -2.50. The lowest BCUT2D eigenvalue weighted by molar-refractivity contribution is 0.187. The molecule has 2 saturated heterocycles. The Labute approximate surface area is 130 Å². The van der Waals surface area contributed by atoms with Crippen LogP contribution in [0.2, 0.25) is 0 Å². The minimum Gasteiger partial charge on any atom is -0.369 e. The highest BCUT2D eigenvalue weighted by atomic mass is 32.2. The van der Waals surface area contributed by atoms with Gasteiger partial charge in [0, 0.05) is 44.2 Å². The zero-order valence-electron chi connectivity index (χ0n) is 11.9. The number of hydrogen-bond acceptors (Lipinski definition) is 4. The van der Waals surface area contributed by atoms with E-state index in [0.29, 0.717) is 0 Å². The van der Waals surface area contributed by atoms with Crippen molar-refractivity contribution in [2.45, 2.75) is 6.92 Å². The van der Waals surface area contributed by atoms with Gasteiger partial charge in [-0.05, 0) is 18.6 Å². The second-order valence-electron chi connectivity index (χ2n) is 5.41. The fraction of sp³-hybridized carbons (Fsp3) is 0.533. The molecule has 0 radical (unpaired) electrons. The molecule has 5 heteroatoms. The smallest absolute Gasteiger partial charge is 0.137 e. The van der Waals surface area contributed by atoms with Crippen LogP contribution < -0.4 is 4.90 Å². The summed E-state index contributed by atoms with van der Waals surface area (Å²) in [5, 5.41) is 0. The van der Waals surface area contributed by atoms with Crippen molar-refractivity contribution in [3.8, 4) is 0 Å². The summed E-state index contributed by atoms with van der Waals surface area (Å²) >= 11 is 7.19. The van der Waals surface area contributed by atoms with E-state index in [9.17, 15) is 0 Å². The second kappa shape index (κ2) is 6.33. The van der Waals surface area contributed by atoms with Crippen molar-refractivity contribution in [1.29, 1.82) is 0 Å². The fourth-order valence-corrected chi connectivity index (χ4v) is 4.06. The maximum absolute atomic E-state index is 5.38. The van der Waals surface area contributed by atoms with Crippen LogP contribution in [0, 0.1) is 6.92 Å². The molecule has 0 bridgehead atoms. The monoisotopic (exact) mass is 307 g/mol. The van der Waals surface area contributed by atoms with Crippen molar-refractivity contribution < 1.29 is 0 Å². The topological polar surface area (TPSA) is 9.72 Å². The van der Waals surface area contributed by atoms with Gasteiger partial charge in [0.15, 0.2) is 0 Å². The lowest BCUT2D eigenvalue weighted by Gasteiger charge is -2.38. The van der Waals surface area contributed by atoms with Gasteiger partial charge in [0.05, 0.1) is 6.67 Å². The summed E-state index contributed by atoms with van der Waals surface area (Å²) in [5.74, 6) is 1.15. The van der Waals surface area contributed by atoms with Gasteiger partial charge in [0.25, 0.3) is 0 Å². The van der Waals surface area contributed by atoms with E-state index in [1.54, 1.807) is 0 Å². The summed E-state index contributed by atoms with van der Waals surface area (Å²) in [4.78, 5) is 7.36. The number of nitrogens with zero attached hydrogens (tertiary/aromatic N) is 3. The zero-order valence-corrected chi connectivity index (χ0v) is 13.6. The Morgan fingerprint density at radius 1 is 1.10 bits per heavy atom. The first kappa shape index (κ1) is 14.2. The Bertz CT molecular complexity index is 484. The van der Waals surface area contributed by atoms with Gasteiger partial charge in [0.2, 0.25) is 0 Å². The molecule has 2 fully saturated rings. The molecule has 2 aliphatic heterocycles. The van der Waals surface area contributed by atoms with Gasteiger partial charge in [-0.2, -0.15) is 0 Å². The van der Waals surface area contributed by atoms with E-state index < -0.39 is 0 Å². The van der Waals surface area contributed by atoms with Crippen LogP contribution in [0.5, 0.6) is 0 Å². The number of hydrogen-bond donors (Lipinski definition) is 0. The van der Waals surface area contributed by atoms with Gasteiger partial charge in [-0.3, -0.25) is 4.90 Å². The minimum atomic E-state index is 1.01. The van der Waals surface area contributed by atoms with Crippen LogP contribution in [0.3, 0.4) is 0 Å². The highest BCUT2D eigenvalue weighted by molar-refractivity contribution is 8.23. The van der Waals surface area contributed by atoms with Crippen LogP contribution in [-0.4, -0.2) is 59.3 Å². The molecule has 0 amide bonds. The number of thiocarbonyl (C=S) groups is 1. The molecule has 0 atom stereocenters. The first-order chi connectivity index (χ1) is 9.74. The average Bonchev–Trinajstić information content (AvgIpc) is 2.86. The second-order valence-corrected chi connectivity index (χ2v) is 7.14. The summed E-state index contributed by atoms with van der Waals surface area (Å²) in [6.07, 6.45) is 0. The van der Waals surface area contributed by atoms with Crippen LogP contribution in [0.1, 0.15) is 5.56 Å². The van der Waals surface area contributed by atoms with Crippen LogP contribution >= 0.6 is 24.0 Å². The summed E-state index contributed by atoms with van der Waals surface area (Å²) in [6.45, 7) is 8.78. The molecule has 1 aromatic carbocycles. The number of benzene rings is 1. The van der Waals surface area contributed by atoms with Crippen LogP contribution in [0.4, 0.5) is 5.69 Å². The molecule has 0 saturated carbocycles. The molecule has 20 heavy (non-hydrogen) atoms. The standard InChI is InChI=1S/C15H21N3S2/c1-13-4-2-3-5-14(13)17-8-6-16(7-9-17)12-18-10-11-20-15(18)19/h2-5H,6-12H2,1H3. The van der Waals surface area contributed by atoms with Crippen LogP contribution in [0.15, 0.2) is 24.3 Å². The average molecular weight is 307 g/mol. The summed E-state index contributed by atoms with van der Waals surface area (Å²) < 4.78 is 1.08. The van der Waals surface area contributed by atoms with Crippen molar-refractivity contribution in [2.75, 3.05) is 50.0 Å². The highest BCUT2D eigenvalue weighted by Crippen LogP contribution is 2.22. The van der Waals surface area contributed by atoms with Crippen LogP contribution in [-0.2, 0) is 0 Å². The van der Waals surface area contributed by atoms with Gasteiger partial charge >= 0.3 is 0 Å². The molecule has 0 N–H and O–H groups in total. The molecular weight excluding hydrogens is 286 g/mol. The number of anilines is 1. The van der Waals surface area contributed by atoms with Gasteiger partial charge in [-0.25, -0.2) is 0 Å². The molecule has 3 nitrogen and oxygen atoms in total. The molecule has 108 valence electrons. The first-order valence-corrected chi connectivity index (χ1v) is 8.58. The Morgan fingerprint density at radius 2 is 1.85 bits per heavy atom. The van der Waals surface area contributed by atoms with Gasteiger partial charge in [-0.15, -0.1) is 0 Å². The largest absolute Gasteiger partial charge is 0.369 e. The minimum absolute atomic E-state index is 1.01. The van der Waals surface area contributed by atoms with E-state index in [0.717, 1.165) is 49.5 Å². The van der Waals surface area contributed by atoms with Gasteiger partial charge in [-0.1, -0.05) is 42.2 Å². The molecule has 1 aromatic rings. The Balaban J connectivity index is 1.54. The Morgan fingerprint density at radius 3 is 2.50 bits per heavy atom. The summed E-state index contributed by atoms with van der Waals surface area (Å²) in [5.41, 5.74) is 2.76. The predicted molar refractivity (Wildman–Crippen MR) is 91.6 cm³/mol. The molecule has 0 aromatic heterocycles. The maximum atomic E-state index is 5.38. The highest BCUT2D eigenvalue weighted by Gasteiger charge is 2.23. The van der Waals surface area contributed by atoms with E-state index in [-0.39, 0.29) is 0 Å². The molecule has 0 aliphatic carbocycles. The lowest BCUT2D eigenvalue weighted by atomic mass is 10.1. The third-order valence-corrected chi connectivity index (χ3v) is 5.55. The van der Waals surface area contributed by atoms with Crippen molar-refractivity contribution in [3.05, 3.63) is 29.8 Å². The molecule has 0 unspecified atom stereocenters. The maximum Gasteiger partial charge on any atom is 0.137 e. The quantitative estimate of drug-likeness (QED) is 0.791. The number of piperazine rings is 1. The van der Waals surface area contributed by atoms with Crippen molar-refractivity contribution in [3.63, 3.8) is 0 Å². The number of rotatable bonds is 3. The summed E-state index contributed by atoms with van der Waals surface area (Å²) in [6, 6.07) is 8.68.